The third-order valence-electron chi connectivity index (χ3n) is 5.17. The first-order valence-electron chi connectivity index (χ1n) is 10.0. The van der Waals surface area contributed by atoms with Crippen LogP contribution >= 0.6 is 0 Å². The fourth-order valence-electron chi connectivity index (χ4n) is 3.78. The monoisotopic (exact) mass is 449 g/mol. The summed E-state index contributed by atoms with van der Waals surface area (Å²) in [4.78, 5) is 13.4. The Hall–Kier alpha value is -3.65. The van der Waals surface area contributed by atoms with Crippen LogP contribution < -0.4 is 9.46 Å². The highest BCUT2D eigenvalue weighted by Gasteiger charge is 2.35. The highest BCUT2D eigenvalue weighted by atomic mass is 32.2. The predicted molar refractivity (Wildman–Crippen MR) is 124 cm³/mol. The molecule has 0 saturated carbocycles. The van der Waals surface area contributed by atoms with E-state index >= 15 is 0 Å². The number of benzene rings is 3. The summed E-state index contributed by atoms with van der Waals surface area (Å²) < 4.78 is 31.8. The lowest BCUT2D eigenvalue weighted by atomic mass is 9.96. The molecule has 3 aromatic rings. The van der Waals surface area contributed by atoms with Gasteiger partial charge in [-0.05, 0) is 24.3 Å². The molecule has 0 aliphatic carbocycles. The third-order valence-corrected chi connectivity index (χ3v) is 5.76. The Morgan fingerprint density at radius 3 is 2.38 bits per heavy atom. The third kappa shape index (κ3) is 4.50. The van der Waals surface area contributed by atoms with Crippen LogP contribution in [0.3, 0.4) is 0 Å². The smallest absolute Gasteiger partial charge is 0.274 e. The molecule has 0 fully saturated rings. The van der Waals surface area contributed by atoms with Crippen LogP contribution in [0.2, 0.25) is 0 Å². The number of rotatable bonds is 6. The number of sulfonamides is 1. The lowest BCUT2D eigenvalue weighted by molar-refractivity contribution is 0.0709. The van der Waals surface area contributed by atoms with Crippen molar-refractivity contribution < 1.29 is 17.9 Å². The van der Waals surface area contributed by atoms with Gasteiger partial charge in [0.05, 0.1) is 30.8 Å². The van der Waals surface area contributed by atoms with Gasteiger partial charge in [0.25, 0.3) is 5.91 Å². The Balaban J connectivity index is 1.80. The maximum atomic E-state index is 13.4. The largest absolute Gasteiger partial charge is 0.496 e. The summed E-state index contributed by atoms with van der Waals surface area (Å²) in [7, 11) is -1.90. The number of hydrogen-bond acceptors (Lipinski definition) is 5. The van der Waals surface area contributed by atoms with E-state index in [4.69, 9.17) is 4.74 Å². The van der Waals surface area contributed by atoms with Gasteiger partial charge in [0.2, 0.25) is 10.0 Å². The van der Waals surface area contributed by atoms with Crippen molar-refractivity contribution >= 4 is 27.3 Å². The average Bonchev–Trinajstić information content (AvgIpc) is 3.23. The van der Waals surface area contributed by atoms with Gasteiger partial charge in [0.1, 0.15) is 5.75 Å². The molecule has 1 amide bonds. The molecule has 164 valence electrons. The van der Waals surface area contributed by atoms with E-state index in [-0.39, 0.29) is 5.91 Å². The van der Waals surface area contributed by atoms with Crippen LogP contribution in [0.25, 0.3) is 0 Å². The molecule has 32 heavy (non-hydrogen) atoms. The summed E-state index contributed by atoms with van der Waals surface area (Å²) in [5.74, 6) is 0.410. The van der Waals surface area contributed by atoms with Crippen LogP contribution in [0.4, 0.5) is 5.69 Å². The number of hydrogen-bond donors (Lipinski definition) is 1. The van der Waals surface area contributed by atoms with E-state index in [9.17, 15) is 13.2 Å². The maximum absolute atomic E-state index is 13.4. The van der Waals surface area contributed by atoms with Gasteiger partial charge in [-0.1, -0.05) is 54.6 Å². The van der Waals surface area contributed by atoms with Crippen LogP contribution in [0.5, 0.6) is 5.75 Å². The number of amides is 1. The molecule has 1 heterocycles. The van der Waals surface area contributed by atoms with Gasteiger partial charge in [-0.3, -0.25) is 9.52 Å². The molecular weight excluding hydrogens is 426 g/mol. The van der Waals surface area contributed by atoms with Gasteiger partial charge in [0.15, 0.2) is 0 Å². The van der Waals surface area contributed by atoms with Crippen molar-refractivity contribution in [2.75, 3.05) is 18.1 Å². The summed E-state index contributed by atoms with van der Waals surface area (Å²) >= 11 is 0. The van der Waals surface area contributed by atoms with Gasteiger partial charge in [-0.25, -0.2) is 13.4 Å². The maximum Gasteiger partial charge on any atom is 0.274 e. The number of ether oxygens (including phenoxy) is 1. The second kappa shape index (κ2) is 8.84. The molecule has 1 aliphatic rings. The molecule has 0 aromatic heterocycles. The minimum atomic E-state index is -3.48. The number of nitrogens with zero attached hydrogens (tertiary/aromatic N) is 2. The minimum Gasteiger partial charge on any atom is -0.496 e. The molecule has 0 radical (unpaired) electrons. The second-order valence-electron chi connectivity index (χ2n) is 7.44. The first-order valence-corrected chi connectivity index (χ1v) is 11.9. The quantitative estimate of drug-likeness (QED) is 0.615. The number of carbonyl (C=O) groups is 1. The lowest BCUT2D eigenvalue weighted by Crippen LogP contribution is -2.27. The van der Waals surface area contributed by atoms with Crippen LogP contribution in [-0.2, 0) is 10.0 Å². The molecule has 0 bridgehead atoms. The summed E-state index contributed by atoms with van der Waals surface area (Å²) in [6, 6.07) is 23.1. The molecule has 4 rings (SSSR count). The van der Waals surface area contributed by atoms with E-state index in [0.29, 0.717) is 34.7 Å². The van der Waals surface area contributed by atoms with Gasteiger partial charge in [-0.2, -0.15) is 5.10 Å². The zero-order valence-corrected chi connectivity index (χ0v) is 18.5. The Bertz CT molecular complexity index is 1270. The van der Waals surface area contributed by atoms with Gasteiger partial charge < -0.3 is 4.74 Å². The number of para-hydroxylation sites is 2. The second-order valence-corrected chi connectivity index (χ2v) is 9.19. The molecule has 1 N–H and O–H groups in total. The van der Waals surface area contributed by atoms with Crippen molar-refractivity contribution in [3.63, 3.8) is 0 Å². The summed E-state index contributed by atoms with van der Waals surface area (Å²) in [5.41, 5.74) is 2.99. The molecule has 1 aliphatic heterocycles. The van der Waals surface area contributed by atoms with Crippen LogP contribution in [0, 0.1) is 0 Å². The van der Waals surface area contributed by atoms with E-state index in [1.54, 1.807) is 49.6 Å². The van der Waals surface area contributed by atoms with Crippen molar-refractivity contribution in [3.8, 4) is 5.75 Å². The summed E-state index contributed by atoms with van der Waals surface area (Å²) in [6.45, 7) is 0. The van der Waals surface area contributed by atoms with Gasteiger partial charge in [-0.15, -0.1) is 0 Å². The Kier molecular flexibility index (Phi) is 5.96. The number of methoxy groups -OCH3 is 1. The number of hydrazone groups is 1. The lowest BCUT2D eigenvalue weighted by Gasteiger charge is -2.23. The molecule has 0 saturated heterocycles. The van der Waals surface area contributed by atoms with Crippen molar-refractivity contribution in [3.05, 3.63) is 95.6 Å². The molecular formula is C24H23N3O4S. The normalized spacial score (nSPS) is 15.9. The molecule has 1 atom stereocenters. The molecule has 0 spiro atoms. The van der Waals surface area contributed by atoms with E-state index in [0.717, 1.165) is 11.8 Å². The topological polar surface area (TPSA) is 88.1 Å². The zero-order valence-electron chi connectivity index (χ0n) is 17.7. The highest BCUT2D eigenvalue weighted by Crippen LogP contribution is 2.39. The van der Waals surface area contributed by atoms with E-state index in [1.165, 1.54) is 5.01 Å². The highest BCUT2D eigenvalue weighted by molar-refractivity contribution is 7.92. The number of carbonyl (C=O) groups excluding carboxylic acids is 1. The zero-order chi connectivity index (χ0) is 22.7. The van der Waals surface area contributed by atoms with Crippen molar-refractivity contribution in [2.24, 2.45) is 5.10 Å². The van der Waals surface area contributed by atoms with E-state index < -0.39 is 16.1 Å². The number of nitrogens with one attached hydrogen (secondary N) is 1. The van der Waals surface area contributed by atoms with Crippen LogP contribution in [0.15, 0.2) is 84.0 Å². The van der Waals surface area contributed by atoms with Crippen molar-refractivity contribution in [1.29, 1.82) is 0 Å². The van der Waals surface area contributed by atoms with Crippen molar-refractivity contribution in [2.45, 2.75) is 12.5 Å². The van der Waals surface area contributed by atoms with Crippen LogP contribution in [-0.4, -0.2) is 38.4 Å². The van der Waals surface area contributed by atoms with E-state index in [2.05, 4.69) is 9.82 Å². The molecule has 1 unspecified atom stereocenters. The van der Waals surface area contributed by atoms with Gasteiger partial charge >= 0.3 is 0 Å². The van der Waals surface area contributed by atoms with Crippen LogP contribution in [0.1, 0.15) is 33.9 Å². The van der Waals surface area contributed by atoms with E-state index in [1.807, 2.05) is 36.4 Å². The SMILES string of the molecule is COc1ccccc1C1CC(c2ccccc2NS(C)(=O)=O)=NN1C(=O)c1ccccc1. The first-order chi connectivity index (χ1) is 15.4. The fourth-order valence-corrected chi connectivity index (χ4v) is 4.36. The Labute approximate surface area is 187 Å². The summed E-state index contributed by atoms with van der Waals surface area (Å²) in [5, 5.41) is 6.13. The molecule has 8 heteroatoms. The fraction of sp³-hybridized carbons (Fsp3) is 0.167. The Morgan fingerprint density at radius 1 is 1.00 bits per heavy atom. The molecule has 3 aromatic carbocycles. The number of anilines is 1. The minimum absolute atomic E-state index is 0.245. The summed E-state index contributed by atoms with van der Waals surface area (Å²) in [6.07, 6.45) is 1.50. The predicted octanol–water partition coefficient (Wildman–Crippen LogP) is 4.06. The average molecular weight is 450 g/mol. The van der Waals surface area contributed by atoms with Crippen molar-refractivity contribution in [1.82, 2.24) is 5.01 Å². The molecule has 7 nitrogen and oxygen atoms in total. The standard InChI is InChI=1S/C24H23N3O4S/c1-31-23-15-9-7-13-19(23)22-16-21(18-12-6-8-14-20(18)26-32(2,29)30)25-27(22)24(28)17-10-4-3-5-11-17/h3-15,22,26H,16H2,1-2H3. The van der Waals surface area contributed by atoms with Gasteiger partial charge in [0, 0.05) is 23.1 Å². The first kappa shape index (κ1) is 21.6. The Morgan fingerprint density at radius 2 is 1.66 bits per heavy atom.